The summed E-state index contributed by atoms with van der Waals surface area (Å²) in [6, 6.07) is 1.56. The molecule has 5 nitrogen and oxygen atoms in total. The normalized spacial score (nSPS) is 10.2. The van der Waals surface area contributed by atoms with E-state index < -0.39 is 24.0 Å². The van der Waals surface area contributed by atoms with E-state index in [9.17, 15) is 14.4 Å². The third-order valence-electron chi connectivity index (χ3n) is 2.31. The highest BCUT2D eigenvalue weighted by Crippen LogP contribution is 2.12. The zero-order valence-electron chi connectivity index (χ0n) is 9.56. The van der Waals surface area contributed by atoms with Gasteiger partial charge >= 0.3 is 5.97 Å². The van der Waals surface area contributed by atoms with Gasteiger partial charge in [-0.25, -0.2) is 4.79 Å². The Balaban J connectivity index is 2.60. The van der Waals surface area contributed by atoms with Gasteiger partial charge < -0.3 is 9.52 Å². The second-order valence-electron chi connectivity index (χ2n) is 3.75. The molecule has 1 rings (SSSR count). The number of carboxylic acids is 1. The lowest BCUT2D eigenvalue weighted by Crippen LogP contribution is -2.16. The second-order valence-corrected chi connectivity index (χ2v) is 3.75. The first-order valence-electron chi connectivity index (χ1n) is 5.41. The first-order chi connectivity index (χ1) is 8.04. The highest BCUT2D eigenvalue weighted by Gasteiger charge is 2.20. The fourth-order valence-corrected chi connectivity index (χ4v) is 1.34. The van der Waals surface area contributed by atoms with Gasteiger partial charge in [-0.3, -0.25) is 9.59 Å². The van der Waals surface area contributed by atoms with Gasteiger partial charge in [0.2, 0.25) is 11.6 Å². The third-order valence-corrected chi connectivity index (χ3v) is 2.31. The summed E-state index contributed by atoms with van der Waals surface area (Å²) < 4.78 is 5.01. The van der Waals surface area contributed by atoms with Crippen molar-refractivity contribution >= 4 is 17.5 Å². The molecule has 0 aliphatic heterocycles. The van der Waals surface area contributed by atoms with Crippen LogP contribution in [0.3, 0.4) is 0 Å². The Morgan fingerprint density at radius 1 is 1.35 bits per heavy atom. The van der Waals surface area contributed by atoms with Crippen LogP contribution in [0.25, 0.3) is 0 Å². The van der Waals surface area contributed by atoms with Gasteiger partial charge in [-0.15, -0.1) is 0 Å². The Bertz CT molecular complexity index is 430. The second kappa shape index (κ2) is 5.98. The highest BCUT2D eigenvalue weighted by atomic mass is 16.4. The Kier molecular flexibility index (Phi) is 4.63. The molecule has 17 heavy (non-hydrogen) atoms. The standard InChI is InChI=1S/C12H14O5/c1-2-3-4-8-5-11(17-7-8)9(13)6-10(14)12(15)16/h5,7H,2-4,6H2,1H3,(H,15,16). The van der Waals surface area contributed by atoms with Crippen molar-refractivity contribution in [3.8, 4) is 0 Å². The summed E-state index contributed by atoms with van der Waals surface area (Å²) in [5, 5.41) is 8.37. The fourth-order valence-electron chi connectivity index (χ4n) is 1.34. The number of Topliss-reactive ketones (excluding diaryl/α,β-unsaturated/α-hetero) is 2. The molecule has 0 spiro atoms. The van der Waals surface area contributed by atoms with E-state index in [1.165, 1.54) is 6.26 Å². The number of carboxylic acid groups (broad SMARTS) is 1. The maximum absolute atomic E-state index is 11.5. The van der Waals surface area contributed by atoms with E-state index in [1.807, 2.05) is 0 Å². The van der Waals surface area contributed by atoms with E-state index >= 15 is 0 Å². The van der Waals surface area contributed by atoms with Crippen LogP contribution < -0.4 is 0 Å². The lowest BCUT2D eigenvalue weighted by atomic mass is 10.1. The molecule has 0 aromatic carbocycles. The molecule has 0 amide bonds. The largest absolute Gasteiger partial charge is 0.475 e. The topological polar surface area (TPSA) is 84.6 Å². The van der Waals surface area contributed by atoms with Crippen molar-refractivity contribution in [1.82, 2.24) is 0 Å². The van der Waals surface area contributed by atoms with Crippen molar-refractivity contribution in [3.05, 3.63) is 23.7 Å². The molecular formula is C12H14O5. The molecule has 0 fully saturated rings. The van der Waals surface area contributed by atoms with Gasteiger partial charge in [0, 0.05) is 0 Å². The Morgan fingerprint density at radius 2 is 2.06 bits per heavy atom. The van der Waals surface area contributed by atoms with E-state index in [1.54, 1.807) is 6.07 Å². The van der Waals surface area contributed by atoms with Crippen LogP contribution in [0.4, 0.5) is 0 Å². The number of furan rings is 1. The van der Waals surface area contributed by atoms with Gasteiger partial charge in [-0.1, -0.05) is 13.3 Å². The zero-order chi connectivity index (χ0) is 12.8. The Hall–Kier alpha value is -1.91. The fraction of sp³-hybridized carbons (Fsp3) is 0.417. The summed E-state index contributed by atoms with van der Waals surface area (Å²) in [6.45, 7) is 2.05. The average molecular weight is 238 g/mol. The molecular weight excluding hydrogens is 224 g/mol. The van der Waals surface area contributed by atoms with Crippen LogP contribution in [0.5, 0.6) is 0 Å². The molecule has 5 heteroatoms. The van der Waals surface area contributed by atoms with Crippen molar-refractivity contribution in [2.45, 2.75) is 32.6 Å². The van der Waals surface area contributed by atoms with Crippen molar-refractivity contribution < 1.29 is 23.9 Å². The van der Waals surface area contributed by atoms with Gasteiger partial charge in [-0.05, 0) is 24.5 Å². The Morgan fingerprint density at radius 3 is 2.65 bits per heavy atom. The number of carbonyl (C=O) groups is 3. The molecule has 0 saturated carbocycles. The van der Waals surface area contributed by atoms with Crippen LogP contribution in [-0.2, 0) is 16.0 Å². The number of ketones is 2. The molecule has 0 radical (unpaired) electrons. The number of carbonyl (C=O) groups excluding carboxylic acids is 2. The smallest absolute Gasteiger partial charge is 0.372 e. The van der Waals surface area contributed by atoms with Gasteiger partial charge in [0.25, 0.3) is 0 Å². The van der Waals surface area contributed by atoms with Gasteiger partial charge in [0.1, 0.15) is 0 Å². The van der Waals surface area contributed by atoms with E-state index in [2.05, 4.69) is 6.92 Å². The summed E-state index contributed by atoms with van der Waals surface area (Å²) >= 11 is 0. The summed E-state index contributed by atoms with van der Waals surface area (Å²) in [7, 11) is 0. The first-order valence-corrected chi connectivity index (χ1v) is 5.41. The molecule has 92 valence electrons. The molecule has 0 atom stereocenters. The van der Waals surface area contributed by atoms with Gasteiger partial charge in [0.15, 0.2) is 5.76 Å². The molecule has 0 aliphatic rings. The van der Waals surface area contributed by atoms with Crippen LogP contribution in [0.2, 0.25) is 0 Å². The number of aliphatic carboxylic acids is 1. The monoisotopic (exact) mass is 238 g/mol. The van der Waals surface area contributed by atoms with Crippen LogP contribution in [-0.4, -0.2) is 22.6 Å². The number of rotatable bonds is 7. The number of unbranched alkanes of at least 4 members (excludes halogenated alkanes) is 1. The predicted molar refractivity (Wildman–Crippen MR) is 58.9 cm³/mol. The summed E-state index contributed by atoms with van der Waals surface area (Å²) in [5.74, 6) is -3.27. The molecule has 1 aromatic heterocycles. The number of hydrogen-bond donors (Lipinski definition) is 1. The van der Waals surface area contributed by atoms with Gasteiger partial charge in [0.05, 0.1) is 12.7 Å². The lowest BCUT2D eigenvalue weighted by molar-refractivity contribution is -0.148. The Labute approximate surface area is 98.4 Å². The van der Waals surface area contributed by atoms with E-state index in [0.29, 0.717) is 0 Å². The maximum Gasteiger partial charge on any atom is 0.372 e. The molecule has 0 bridgehead atoms. The maximum atomic E-state index is 11.5. The number of hydrogen-bond acceptors (Lipinski definition) is 4. The van der Waals surface area contributed by atoms with Crippen molar-refractivity contribution in [2.24, 2.45) is 0 Å². The molecule has 0 unspecified atom stereocenters. The van der Waals surface area contributed by atoms with Crippen LogP contribution in [0, 0.1) is 0 Å². The molecule has 0 saturated heterocycles. The summed E-state index contributed by atoms with van der Waals surface area (Å²) in [5.41, 5.74) is 0.887. The SMILES string of the molecule is CCCCc1coc(C(=O)CC(=O)C(=O)O)c1. The molecule has 0 aliphatic carbocycles. The predicted octanol–water partition coefficient (Wildman–Crippen LogP) is 1.85. The van der Waals surface area contributed by atoms with Crippen LogP contribution in [0.1, 0.15) is 42.3 Å². The van der Waals surface area contributed by atoms with E-state index in [-0.39, 0.29) is 5.76 Å². The first kappa shape index (κ1) is 13.2. The van der Waals surface area contributed by atoms with E-state index in [0.717, 1.165) is 24.8 Å². The summed E-state index contributed by atoms with van der Waals surface area (Å²) in [6.07, 6.45) is 3.64. The quantitative estimate of drug-likeness (QED) is 0.445. The average Bonchev–Trinajstić information content (AvgIpc) is 2.74. The van der Waals surface area contributed by atoms with Crippen LogP contribution in [0.15, 0.2) is 16.7 Å². The molecule has 1 aromatic rings. The van der Waals surface area contributed by atoms with E-state index in [4.69, 9.17) is 9.52 Å². The third kappa shape index (κ3) is 3.86. The lowest BCUT2D eigenvalue weighted by Gasteiger charge is -1.93. The van der Waals surface area contributed by atoms with Gasteiger partial charge in [-0.2, -0.15) is 0 Å². The van der Waals surface area contributed by atoms with Crippen molar-refractivity contribution in [2.75, 3.05) is 0 Å². The van der Waals surface area contributed by atoms with Crippen molar-refractivity contribution in [1.29, 1.82) is 0 Å². The number of aryl methyl sites for hydroxylation is 1. The molecule has 1 heterocycles. The summed E-state index contributed by atoms with van der Waals surface area (Å²) in [4.78, 5) is 32.6. The zero-order valence-corrected chi connectivity index (χ0v) is 9.56. The van der Waals surface area contributed by atoms with Crippen molar-refractivity contribution in [3.63, 3.8) is 0 Å². The highest BCUT2D eigenvalue weighted by molar-refractivity contribution is 6.37. The minimum Gasteiger partial charge on any atom is -0.475 e. The minimum atomic E-state index is -1.60. The molecule has 1 N–H and O–H groups in total. The minimum absolute atomic E-state index is 0.0469. The van der Waals surface area contributed by atoms with Crippen LogP contribution >= 0.6 is 0 Å².